The van der Waals surface area contributed by atoms with Gasteiger partial charge in [-0.25, -0.2) is 9.86 Å². The number of nitrogens with zero attached hydrogens (tertiary/aromatic N) is 3. The Bertz CT molecular complexity index is 1290. The largest absolute Gasteiger partial charge is 0.497 e. The number of benzene rings is 3. The average molecular weight is 492 g/mol. The Morgan fingerprint density at radius 1 is 0.971 bits per heavy atom. The van der Waals surface area contributed by atoms with E-state index < -0.39 is 35.5 Å². The summed E-state index contributed by atoms with van der Waals surface area (Å²) >= 11 is 6.30. The number of hydroxylamine groups is 1. The molecule has 178 valence electrons. The first-order valence-electron chi connectivity index (χ1n) is 10.7. The lowest BCUT2D eigenvalue weighted by atomic mass is 9.81. The maximum Gasteiger partial charge on any atom is 0.441 e. The van der Waals surface area contributed by atoms with Gasteiger partial charge in [0.2, 0.25) is 0 Å². The Kier molecular flexibility index (Phi) is 7.27. The molecule has 1 fully saturated rings. The highest BCUT2D eigenvalue weighted by atomic mass is 35.5. The van der Waals surface area contributed by atoms with E-state index in [-0.39, 0.29) is 0 Å². The highest BCUT2D eigenvalue weighted by Gasteiger charge is 2.53. The molecular weight excluding hydrogens is 470 g/mol. The average Bonchev–Trinajstić information content (AvgIpc) is 3.30. The monoisotopic (exact) mass is 491 g/mol. The van der Waals surface area contributed by atoms with Gasteiger partial charge >= 0.3 is 11.7 Å². The van der Waals surface area contributed by atoms with Gasteiger partial charge in [0.25, 0.3) is 5.78 Å². The number of esters is 1. The number of para-hydroxylation sites is 1. The van der Waals surface area contributed by atoms with Gasteiger partial charge in [-0.15, -0.1) is 0 Å². The van der Waals surface area contributed by atoms with Gasteiger partial charge in [-0.05, 0) is 47.5 Å². The first-order chi connectivity index (χ1) is 17.0. The van der Waals surface area contributed by atoms with Gasteiger partial charge < -0.3 is 15.0 Å². The van der Waals surface area contributed by atoms with Crippen molar-refractivity contribution in [2.24, 2.45) is 5.92 Å². The highest BCUT2D eigenvalue weighted by molar-refractivity contribution is 6.62. The first-order valence-corrected chi connectivity index (χ1v) is 11.1. The van der Waals surface area contributed by atoms with Crippen molar-refractivity contribution in [1.29, 1.82) is 0 Å². The molecule has 1 saturated heterocycles. The van der Waals surface area contributed by atoms with E-state index in [1.165, 1.54) is 7.11 Å². The van der Waals surface area contributed by atoms with Crippen LogP contribution < -0.4 is 9.80 Å². The van der Waals surface area contributed by atoms with Gasteiger partial charge in [0, 0.05) is 5.02 Å². The summed E-state index contributed by atoms with van der Waals surface area (Å²) in [5, 5.41) is 2.08. The summed E-state index contributed by atoms with van der Waals surface area (Å²) in [7, 11) is 2.65. The fraction of sp³-hybridized carbons (Fsp3) is 0.192. The molecule has 0 saturated carbocycles. The van der Waals surface area contributed by atoms with Crippen molar-refractivity contribution in [3.05, 3.63) is 101 Å². The number of ketones is 1. The molecule has 0 aliphatic carbocycles. The molecule has 1 aliphatic rings. The molecule has 3 aromatic carbocycles. The number of Topliss-reactive ketones (excluding diaryl/α,β-unsaturated/α-hetero) is 1. The van der Waals surface area contributed by atoms with E-state index >= 15 is 0 Å². The number of methoxy groups -OCH3 is 2. The molecule has 1 heterocycles. The fourth-order valence-corrected chi connectivity index (χ4v) is 4.41. The molecule has 3 atom stereocenters. The number of hydrogen-bond acceptors (Lipinski definition) is 6. The molecule has 0 spiro atoms. The summed E-state index contributed by atoms with van der Waals surface area (Å²) in [5.74, 6) is -2.23. The zero-order chi connectivity index (χ0) is 24.9. The SMILES string of the molecule is COC(=O)C(=[N+]=[N-])C(=O)[C@@H]1[C@@H](c2cccc(OC)c2)ON(c2ccccc2)[C@H]1c1cccc(Cl)c1. The van der Waals surface area contributed by atoms with E-state index in [9.17, 15) is 15.1 Å². The van der Waals surface area contributed by atoms with Gasteiger partial charge in [0.1, 0.15) is 11.9 Å². The first kappa shape index (κ1) is 24.2. The fourth-order valence-electron chi connectivity index (χ4n) is 4.21. The van der Waals surface area contributed by atoms with Gasteiger partial charge in [-0.3, -0.25) is 9.63 Å². The number of halogens is 1. The molecule has 0 bridgehead atoms. The summed E-state index contributed by atoms with van der Waals surface area (Å²) in [6.07, 6.45) is -0.858. The number of carbonyl (C=O) groups excluding carboxylic acids is 2. The van der Waals surface area contributed by atoms with Crippen LogP contribution in [0.15, 0.2) is 78.9 Å². The van der Waals surface area contributed by atoms with Gasteiger partial charge in [0.05, 0.1) is 31.9 Å². The Morgan fingerprint density at radius 3 is 2.34 bits per heavy atom. The van der Waals surface area contributed by atoms with Crippen molar-refractivity contribution < 1.29 is 28.7 Å². The van der Waals surface area contributed by atoms with Crippen molar-refractivity contribution in [1.82, 2.24) is 0 Å². The number of anilines is 1. The van der Waals surface area contributed by atoms with Crippen LogP contribution in [0.2, 0.25) is 5.02 Å². The Morgan fingerprint density at radius 2 is 1.69 bits per heavy atom. The molecule has 0 N–H and O–H groups in total. The smallest absolute Gasteiger partial charge is 0.441 e. The third-order valence-corrected chi connectivity index (χ3v) is 6.02. The van der Waals surface area contributed by atoms with Crippen LogP contribution in [-0.2, 0) is 19.2 Å². The molecule has 8 nitrogen and oxygen atoms in total. The molecular formula is C26H22ClN3O5. The van der Waals surface area contributed by atoms with Crippen LogP contribution in [0.5, 0.6) is 5.75 Å². The van der Waals surface area contributed by atoms with Gasteiger partial charge in [0.15, 0.2) is 0 Å². The number of hydrogen-bond donors (Lipinski definition) is 0. The predicted octanol–water partition coefficient (Wildman–Crippen LogP) is 4.61. The van der Waals surface area contributed by atoms with Crippen molar-refractivity contribution in [3.8, 4) is 5.75 Å². The number of carbonyl (C=O) groups is 2. The number of rotatable bonds is 7. The quantitative estimate of drug-likeness (QED) is 0.157. The van der Waals surface area contributed by atoms with Crippen molar-refractivity contribution in [2.75, 3.05) is 19.3 Å². The van der Waals surface area contributed by atoms with Crippen molar-refractivity contribution >= 4 is 34.8 Å². The van der Waals surface area contributed by atoms with Gasteiger partial charge in [-0.1, -0.05) is 54.1 Å². The Hall–Kier alpha value is -3.97. The second-order valence-electron chi connectivity index (χ2n) is 7.79. The van der Waals surface area contributed by atoms with Crippen LogP contribution in [-0.4, -0.2) is 36.5 Å². The molecule has 0 unspecified atom stereocenters. The molecule has 0 aromatic heterocycles. The van der Waals surface area contributed by atoms with E-state index in [1.807, 2.05) is 36.4 Å². The van der Waals surface area contributed by atoms with Crippen LogP contribution in [0.3, 0.4) is 0 Å². The number of ether oxygens (including phenoxy) is 2. The highest BCUT2D eigenvalue weighted by Crippen LogP contribution is 2.50. The third-order valence-electron chi connectivity index (χ3n) is 5.78. The molecule has 9 heteroatoms. The zero-order valence-electron chi connectivity index (χ0n) is 19.0. The maximum atomic E-state index is 13.8. The summed E-state index contributed by atoms with van der Waals surface area (Å²) in [6, 6.07) is 22.7. The lowest BCUT2D eigenvalue weighted by molar-refractivity contribution is -0.140. The summed E-state index contributed by atoms with van der Waals surface area (Å²) in [6.45, 7) is 0. The molecule has 0 amide bonds. The molecule has 35 heavy (non-hydrogen) atoms. The topological polar surface area (TPSA) is 101 Å². The van der Waals surface area contributed by atoms with Gasteiger partial charge in [-0.2, -0.15) is 4.79 Å². The third kappa shape index (κ3) is 4.81. The second-order valence-corrected chi connectivity index (χ2v) is 8.23. The standard InChI is InChI=1S/C26H22ClN3O5/c1-33-20-13-7-9-17(15-20)25-21(24(31)22(29-28)26(32)34-2)23(16-8-6-10-18(27)14-16)30(35-25)19-11-4-3-5-12-19/h3-15,21,23,25H,1-2H3/t21-,23+,25-/m1/s1. The molecule has 3 aromatic rings. The Labute approximate surface area is 207 Å². The van der Waals surface area contributed by atoms with Crippen molar-refractivity contribution in [3.63, 3.8) is 0 Å². The lowest BCUT2D eigenvalue weighted by Gasteiger charge is -2.26. The normalized spacial score (nSPS) is 19.1. The van der Waals surface area contributed by atoms with E-state index in [1.54, 1.807) is 47.5 Å². The van der Waals surface area contributed by atoms with Crippen LogP contribution in [0.25, 0.3) is 5.53 Å². The van der Waals surface area contributed by atoms with Crippen LogP contribution in [0.4, 0.5) is 5.69 Å². The minimum Gasteiger partial charge on any atom is -0.497 e. The summed E-state index contributed by atoms with van der Waals surface area (Å²) in [5.41, 5.74) is 10.8. The second kappa shape index (κ2) is 10.5. The van der Waals surface area contributed by atoms with E-state index in [2.05, 4.69) is 9.53 Å². The van der Waals surface area contributed by atoms with Crippen LogP contribution in [0.1, 0.15) is 23.3 Å². The predicted molar refractivity (Wildman–Crippen MR) is 129 cm³/mol. The minimum absolute atomic E-state index is 0.468. The molecule has 1 aliphatic heterocycles. The summed E-state index contributed by atoms with van der Waals surface area (Å²) < 4.78 is 10.1. The molecule has 4 rings (SSSR count). The van der Waals surface area contributed by atoms with Crippen LogP contribution in [0, 0.1) is 5.92 Å². The Balaban J connectivity index is 1.93. The lowest BCUT2D eigenvalue weighted by Crippen LogP contribution is -2.37. The summed E-state index contributed by atoms with van der Waals surface area (Å²) in [4.78, 5) is 35.5. The van der Waals surface area contributed by atoms with Crippen molar-refractivity contribution in [2.45, 2.75) is 12.1 Å². The van der Waals surface area contributed by atoms with E-state index in [0.717, 1.165) is 7.11 Å². The maximum absolute atomic E-state index is 13.8. The minimum atomic E-state index is -1.05. The van der Waals surface area contributed by atoms with E-state index in [4.69, 9.17) is 21.2 Å². The zero-order valence-corrected chi connectivity index (χ0v) is 19.8. The van der Waals surface area contributed by atoms with Crippen LogP contribution >= 0.6 is 11.6 Å². The molecule has 0 radical (unpaired) electrons. The van der Waals surface area contributed by atoms with E-state index in [0.29, 0.717) is 27.6 Å².